The molecule has 0 radical (unpaired) electrons. The van der Waals surface area contributed by atoms with E-state index in [1.165, 1.54) is 35.8 Å². The van der Waals surface area contributed by atoms with Gasteiger partial charge in [0.05, 0.1) is 24.2 Å². The fourth-order valence-corrected chi connectivity index (χ4v) is 6.05. The summed E-state index contributed by atoms with van der Waals surface area (Å²) < 4.78 is 2.34. The summed E-state index contributed by atoms with van der Waals surface area (Å²) in [5, 5.41) is 0.843. The van der Waals surface area contributed by atoms with Crippen LogP contribution in [0.1, 0.15) is 45.0 Å². The number of thiophene rings is 1. The summed E-state index contributed by atoms with van der Waals surface area (Å²) in [5.41, 5.74) is 0.583. The van der Waals surface area contributed by atoms with Gasteiger partial charge in [-0.2, -0.15) is 0 Å². The molecule has 0 saturated heterocycles. The minimum Gasteiger partial charge on any atom is -0.337 e. The molecule has 8 nitrogen and oxygen atoms in total. The number of benzene rings is 2. The van der Waals surface area contributed by atoms with Gasteiger partial charge in [-0.25, -0.2) is 9.36 Å². The van der Waals surface area contributed by atoms with Crippen molar-refractivity contribution in [3.05, 3.63) is 96.0 Å². The van der Waals surface area contributed by atoms with E-state index < -0.39 is 11.2 Å². The topological polar surface area (TPSA) is 98.4 Å². The third-order valence-corrected chi connectivity index (χ3v) is 8.04. The zero-order chi connectivity index (χ0) is 26.4. The van der Waals surface area contributed by atoms with Crippen molar-refractivity contribution in [2.45, 2.75) is 33.4 Å². The minimum absolute atomic E-state index is 0.0723. The number of rotatable bonds is 5. The lowest BCUT2D eigenvalue weighted by atomic mass is 10.0. The normalized spacial score (nSPS) is 13.0. The maximum atomic E-state index is 13.8. The first kappa shape index (κ1) is 24.9. The molecule has 3 heterocycles. The van der Waals surface area contributed by atoms with Crippen molar-refractivity contribution in [1.82, 2.24) is 14.0 Å². The minimum atomic E-state index is -0.678. The summed E-state index contributed by atoms with van der Waals surface area (Å²) in [4.78, 5) is 67.7. The van der Waals surface area contributed by atoms with Crippen LogP contribution in [0, 0.1) is 0 Å². The lowest BCUT2D eigenvalue weighted by Crippen LogP contribution is -2.40. The molecule has 5 rings (SSSR count). The number of hydrogen-bond donors (Lipinski definition) is 0. The molecule has 2 aromatic carbocycles. The third kappa shape index (κ3) is 4.45. The maximum absolute atomic E-state index is 13.8. The Kier molecular flexibility index (Phi) is 6.43. The van der Waals surface area contributed by atoms with Crippen molar-refractivity contribution in [3.63, 3.8) is 0 Å². The van der Waals surface area contributed by atoms with Gasteiger partial charge in [-0.15, -0.1) is 11.3 Å². The van der Waals surface area contributed by atoms with E-state index in [1.807, 2.05) is 0 Å². The lowest BCUT2D eigenvalue weighted by molar-refractivity contribution is -0.129. The molecule has 37 heavy (non-hydrogen) atoms. The van der Waals surface area contributed by atoms with Crippen molar-refractivity contribution >= 4 is 50.6 Å². The molecule has 1 amide bonds. The van der Waals surface area contributed by atoms with Gasteiger partial charge in [-0.3, -0.25) is 23.7 Å². The lowest BCUT2D eigenvalue weighted by Gasteiger charge is -2.25. The standard InChI is InChI=1S/C27H22ClN3O5S/c1-15(32)18-4-3-5-20(12-18)31-25(35)24-21-10-11-29(16(2)33)14-23(21)37-26(24)30(27(31)36)13-22(34)17-6-8-19(28)9-7-17/h3-9,12H,10-11,13-14H2,1-2H3. The van der Waals surface area contributed by atoms with Crippen LogP contribution in [0.3, 0.4) is 0 Å². The summed E-state index contributed by atoms with van der Waals surface area (Å²) in [6.45, 7) is 3.40. The Morgan fingerprint density at radius 3 is 2.41 bits per heavy atom. The van der Waals surface area contributed by atoms with E-state index in [1.54, 1.807) is 47.4 Å². The Morgan fingerprint density at radius 1 is 1.00 bits per heavy atom. The highest BCUT2D eigenvalue weighted by Gasteiger charge is 2.28. The number of nitrogens with zero attached hydrogens (tertiary/aromatic N) is 3. The smallest absolute Gasteiger partial charge is 0.337 e. The van der Waals surface area contributed by atoms with E-state index in [0.717, 1.165) is 15.0 Å². The number of fused-ring (bicyclic) bond motifs is 3. The van der Waals surface area contributed by atoms with Crippen LogP contribution in [-0.2, 0) is 24.3 Å². The predicted molar refractivity (Wildman–Crippen MR) is 142 cm³/mol. The number of aromatic nitrogens is 2. The second-order valence-corrected chi connectivity index (χ2v) is 10.4. The fraction of sp³-hybridized carbons (Fsp3) is 0.222. The van der Waals surface area contributed by atoms with Gasteiger partial charge >= 0.3 is 5.69 Å². The molecule has 0 N–H and O–H groups in total. The zero-order valence-corrected chi connectivity index (χ0v) is 21.7. The van der Waals surface area contributed by atoms with Crippen LogP contribution in [-0.4, -0.2) is 38.1 Å². The largest absolute Gasteiger partial charge is 0.337 e. The number of carbonyl (C=O) groups is 3. The van der Waals surface area contributed by atoms with Crippen LogP contribution in [0.5, 0.6) is 0 Å². The van der Waals surface area contributed by atoms with Crippen molar-refractivity contribution in [2.24, 2.45) is 0 Å². The van der Waals surface area contributed by atoms with E-state index in [2.05, 4.69) is 0 Å². The SMILES string of the molecule is CC(=O)c1cccc(-n2c(=O)c3c4c(sc3n(CC(=O)c3ccc(Cl)cc3)c2=O)CN(C(C)=O)CC4)c1. The number of amides is 1. The van der Waals surface area contributed by atoms with Gasteiger partial charge in [0.25, 0.3) is 5.56 Å². The first-order valence-electron chi connectivity index (χ1n) is 11.6. The molecule has 0 saturated carbocycles. The molecule has 0 bridgehead atoms. The Hall–Kier alpha value is -3.82. The average molecular weight is 536 g/mol. The molecule has 0 aliphatic carbocycles. The van der Waals surface area contributed by atoms with Gasteiger partial charge in [-0.1, -0.05) is 23.7 Å². The van der Waals surface area contributed by atoms with Crippen LogP contribution >= 0.6 is 22.9 Å². The molecule has 1 aliphatic heterocycles. The average Bonchev–Trinajstić information content (AvgIpc) is 3.26. The molecular formula is C27H22ClN3O5S. The number of ketones is 2. The number of halogens is 1. The first-order valence-corrected chi connectivity index (χ1v) is 12.8. The first-order chi connectivity index (χ1) is 17.7. The van der Waals surface area contributed by atoms with Gasteiger partial charge in [-0.05, 0) is 55.3 Å². The summed E-state index contributed by atoms with van der Waals surface area (Å²) >= 11 is 7.21. The predicted octanol–water partition coefficient (Wildman–Crippen LogP) is 3.86. The second kappa shape index (κ2) is 9.57. The second-order valence-electron chi connectivity index (χ2n) is 8.92. The molecule has 4 aromatic rings. The molecule has 0 unspecified atom stereocenters. The van der Waals surface area contributed by atoms with Crippen LogP contribution in [0.25, 0.3) is 15.9 Å². The molecule has 1 aliphatic rings. The van der Waals surface area contributed by atoms with E-state index in [4.69, 9.17) is 11.6 Å². The van der Waals surface area contributed by atoms with Gasteiger partial charge < -0.3 is 4.90 Å². The molecule has 0 atom stereocenters. The Morgan fingerprint density at radius 2 is 1.73 bits per heavy atom. The van der Waals surface area contributed by atoms with Gasteiger partial charge in [0.15, 0.2) is 11.6 Å². The zero-order valence-electron chi connectivity index (χ0n) is 20.1. The molecular weight excluding hydrogens is 514 g/mol. The highest BCUT2D eigenvalue weighted by atomic mass is 35.5. The summed E-state index contributed by atoms with van der Waals surface area (Å²) in [6.07, 6.45) is 0.459. The molecule has 188 valence electrons. The summed E-state index contributed by atoms with van der Waals surface area (Å²) in [7, 11) is 0. The number of hydrogen-bond acceptors (Lipinski definition) is 6. The monoisotopic (exact) mass is 535 g/mol. The highest BCUT2D eigenvalue weighted by molar-refractivity contribution is 7.18. The van der Waals surface area contributed by atoms with Crippen LogP contribution in [0.2, 0.25) is 5.02 Å². The third-order valence-electron chi connectivity index (χ3n) is 6.55. The molecule has 0 fully saturated rings. The van der Waals surface area contributed by atoms with Crippen molar-refractivity contribution in [1.29, 1.82) is 0 Å². The molecule has 0 spiro atoms. The number of Topliss-reactive ketones (excluding diaryl/α,β-unsaturated/α-hetero) is 2. The maximum Gasteiger partial charge on any atom is 0.337 e. The Bertz CT molecular complexity index is 1720. The van der Waals surface area contributed by atoms with Gasteiger partial charge in [0.2, 0.25) is 5.91 Å². The van der Waals surface area contributed by atoms with E-state index in [9.17, 15) is 24.0 Å². The number of carbonyl (C=O) groups excluding carboxylic acids is 3. The fourth-order valence-electron chi connectivity index (χ4n) is 4.58. The summed E-state index contributed by atoms with van der Waals surface area (Å²) in [6, 6.07) is 12.7. The summed E-state index contributed by atoms with van der Waals surface area (Å²) in [5.74, 6) is -0.595. The van der Waals surface area contributed by atoms with Gasteiger partial charge in [0, 0.05) is 34.5 Å². The Balaban J connectivity index is 1.76. The highest BCUT2D eigenvalue weighted by Crippen LogP contribution is 2.33. The quantitative estimate of drug-likeness (QED) is 0.361. The van der Waals surface area contributed by atoms with E-state index >= 15 is 0 Å². The van der Waals surface area contributed by atoms with Crippen LogP contribution < -0.4 is 11.2 Å². The molecule has 2 aromatic heterocycles. The van der Waals surface area contributed by atoms with Crippen molar-refractivity contribution in [2.75, 3.05) is 6.54 Å². The van der Waals surface area contributed by atoms with Crippen LogP contribution in [0.15, 0.2) is 58.1 Å². The van der Waals surface area contributed by atoms with E-state index in [0.29, 0.717) is 45.9 Å². The van der Waals surface area contributed by atoms with Crippen molar-refractivity contribution < 1.29 is 14.4 Å². The van der Waals surface area contributed by atoms with E-state index in [-0.39, 0.29) is 29.7 Å². The van der Waals surface area contributed by atoms with Crippen LogP contribution in [0.4, 0.5) is 0 Å². The Labute approximate surface area is 220 Å². The molecule has 10 heteroatoms. The van der Waals surface area contributed by atoms with Gasteiger partial charge in [0.1, 0.15) is 4.83 Å². The van der Waals surface area contributed by atoms with Crippen molar-refractivity contribution in [3.8, 4) is 5.69 Å².